The number of phenols is 1. The predicted octanol–water partition coefficient (Wildman–Crippen LogP) is 2.20. The number of anilines is 1. The van der Waals surface area contributed by atoms with Crippen molar-refractivity contribution in [2.75, 3.05) is 12.8 Å². The van der Waals surface area contributed by atoms with Crippen LogP contribution < -0.4 is 20.9 Å². The second-order valence-corrected chi connectivity index (χ2v) is 5.15. The standard InChI is InChI=1S/C17H15N3O3/c1-22-15-6-9(2-5-13(15)21)16-11-4-3-10(19)7-14(11)23-17(20)12(16)8-18/h2-7,16,21H,19-20H2,1H3/t16-/m0/s1. The van der Waals surface area contributed by atoms with E-state index >= 15 is 0 Å². The maximum atomic E-state index is 9.77. The lowest BCUT2D eigenvalue weighted by atomic mass is 9.83. The molecule has 0 unspecified atom stereocenters. The summed E-state index contributed by atoms with van der Waals surface area (Å²) < 4.78 is 10.7. The Morgan fingerprint density at radius 2 is 2.00 bits per heavy atom. The van der Waals surface area contributed by atoms with E-state index in [1.54, 1.807) is 30.3 Å². The third kappa shape index (κ3) is 2.38. The molecule has 6 nitrogen and oxygen atoms in total. The lowest BCUT2D eigenvalue weighted by Crippen LogP contribution is -2.21. The highest BCUT2D eigenvalue weighted by molar-refractivity contribution is 5.60. The molecule has 2 aromatic carbocycles. The molecule has 1 aliphatic heterocycles. The fraction of sp³-hybridized carbons (Fsp3) is 0.118. The minimum absolute atomic E-state index is 0.0244. The van der Waals surface area contributed by atoms with E-state index in [2.05, 4.69) is 6.07 Å². The molecule has 1 atom stereocenters. The number of nitrogen functional groups attached to an aromatic ring is 1. The average Bonchev–Trinajstić information content (AvgIpc) is 2.54. The maximum Gasteiger partial charge on any atom is 0.205 e. The van der Waals surface area contributed by atoms with Gasteiger partial charge in [0, 0.05) is 17.3 Å². The van der Waals surface area contributed by atoms with E-state index in [-0.39, 0.29) is 11.6 Å². The molecule has 0 bridgehead atoms. The van der Waals surface area contributed by atoms with Crippen molar-refractivity contribution < 1.29 is 14.6 Å². The van der Waals surface area contributed by atoms with Gasteiger partial charge in [0.25, 0.3) is 0 Å². The smallest absolute Gasteiger partial charge is 0.205 e. The van der Waals surface area contributed by atoms with Crippen molar-refractivity contribution >= 4 is 5.69 Å². The predicted molar refractivity (Wildman–Crippen MR) is 84.8 cm³/mol. The number of aromatic hydroxyl groups is 1. The second kappa shape index (κ2) is 5.46. The molecule has 0 fully saturated rings. The van der Waals surface area contributed by atoms with Crippen LogP contribution in [0.1, 0.15) is 17.0 Å². The van der Waals surface area contributed by atoms with Crippen LogP contribution in [0.3, 0.4) is 0 Å². The van der Waals surface area contributed by atoms with Crippen molar-refractivity contribution in [1.82, 2.24) is 0 Å². The Morgan fingerprint density at radius 1 is 1.22 bits per heavy atom. The summed E-state index contributed by atoms with van der Waals surface area (Å²) in [6.07, 6.45) is 0. The van der Waals surface area contributed by atoms with Crippen LogP contribution in [-0.4, -0.2) is 12.2 Å². The molecule has 0 saturated carbocycles. The van der Waals surface area contributed by atoms with Gasteiger partial charge in [-0.1, -0.05) is 12.1 Å². The van der Waals surface area contributed by atoms with Crippen molar-refractivity contribution in [2.24, 2.45) is 5.73 Å². The number of fused-ring (bicyclic) bond motifs is 1. The van der Waals surface area contributed by atoms with Gasteiger partial charge in [0.2, 0.25) is 5.88 Å². The van der Waals surface area contributed by atoms with Gasteiger partial charge in [-0.15, -0.1) is 0 Å². The maximum absolute atomic E-state index is 9.77. The molecule has 0 amide bonds. The first-order valence-electron chi connectivity index (χ1n) is 6.89. The topological polar surface area (TPSA) is 115 Å². The van der Waals surface area contributed by atoms with E-state index in [4.69, 9.17) is 20.9 Å². The summed E-state index contributed by atoms with van der Waals surface area (Å²) in [6.45, 7) is 0. The summed E-state index contributed by atoms with van der Waals surface area (Å²) in [4.78, 5) is 0. The number of nitrogens with two attached hydrogens (primary N) is 2. The number of phenolic OH excluding ortho intramolecular Hbond substituents is 1. The third-order valence-electron chi connectivity index (χ3n) is 3.78. The van der Waals surface area contributed by atoms with Crippen LogP contribution in [0.5, 0.6) is 17.2 Å². The molecule has 1 heterocycles. The number of benzene rings is 2. The van der Waals surface area contributed by atoms with Crippen LogP contribution in [0.25, 0.3) is 0 Å². The zero-order chi connectivity index (χ0) is 16.6. The summed E-state index contributed by atoms with van der Waals surface area (Å²) in [5.41, 5.74) is 14.1. The molecule has 23 heavy (non-hydrogen) atoms. The van der Waals surface area contributed by atoms with E-state index < -0.39 is 5.92 Å². The Hall–Kier alpha value is -3.33. The lowest BCUT2D eigenvalue weighted by molar-refractivity contribution is 0.372. The minimum Gasteiger partial charge on any atom is -0.504 e. The Bertz CT molecular complexity index is 853. The van der Waals surface area contributed by atoms with Gasteiger partial charge in [-0.3, -0.25) is 0 Å². The third-order valence-corrected chi connectivity index (χ3v) is 3.78. The minimum atomic E-state index is -0.418. The zero-order valence-corrected chi connectivity index (χ0v) is 12.4. The SMILES string of the molecule is COc1cc([C@@H]2C(C#N)=C(N)Oc3cc(N)ccc32)ccc1O. The van der Waals surface area contributed by atoms with Gasteiger partial charge < -0.3 is 26.0 Å². The van der Waals surface area contributed by atoms with E-state index in [0.717, 1.165) is 11.1 Å². The van der Waals surface area contributed by atoms with Gasteiger partial charge in [0.15, 0.2) is 11.5 Å². The largest absolute Gasteiger partial charge is 0.504 e. The Balaban J connectivity index is 2.22. The monoisotopic (exact) mass is 309 g/mol. The van der Waals surface area contributed by atoms with Gasteiger partial charge in [-0.05, 0) is 23.8 Å². The number of methoxy groups -OCH3 is 1. The first kappa shape index (κ1) is 14.6. The van der Waals surface area contributed by atoms with Gasteiger partial charge in [-0.2, -0.15) is 5.26 Å². The van der Waals surface area contributed by atoms with Crippen molar-refractivity contribution in [1.29, 1.82) is 5.26 Å². The van der Waals surface area contributed by atoms with Gasteiger partial charge in [0.1, 0.15) is 17.4 Å². The Kier molecular flexibility index (Phi) is 3.47. The zero-order valence-electron chi connectivity index (χ0n) is 12.4. The molecule has 0 spiro atoms. The summed E-state index contributed by atoms with van der Waals surface area (Å²) in [5.74, 6) is 0.484. The molecule has 0 aromatic heterocycles. The molecule has 0 saturated heterocycles. The van der Waals surface area contributed by atoms with Crippen LogP contribution >= 0.6 is 0 Å². The highest BCUT2D eigenvalue weighted by atomic mass is 16.5. The number of hydrogen-bond acceptors (Lipinski definition) is 6. The van der Waals surface area contributed by atoms with Gasteiger partial charge >= 0.3 is 0 Å². The Morgan fingerprint density at radius 3 is 2.70 bits per heavy atom. The average molecular weight is 309 g/mol. The number of rotatable bonds is 2. The molecule has 0 radical (unpaired) electrons. The molecule has 116 valence electrons. The van der Waals surface area contributed by atoms with Crippen LogP contribution in [0, 0.1) is 11.3 Å². The van der Waals surface area contributed by atoms with E-state index in [1.165, 1.54) is 13.2 Å². The van der Waals surface area contributed by atoms with Crippen LogP contribution in [0.2, 0.25) is 0 Å². The van der Waals surface area contributed by atoms with Crippen LogP contribution in [0.15, 0.2) is 47.9 Å². The fourth-order valence-corrected chi connectivity index (χ4v) is 2.69. The number of nitrogens with zero attached hydrogens (tertiary/aromatic N) is 1. The first-order valence-corrected chi connectivity index (χ1v) is 6.89. The van der Waals surface area contributed by atoms with Gasteiger partial charge in [-0.25, -0.2) is 0 Å². The summed E-state index contributed by atoms with van der Waals surface area (Å²) in [5, 5.41) is 19.3. The van der Waals surface area contributed by atoms with Crippen molar-refractivity contribution in [3.05, 3.63) is 59.0 Å². The molecule has 1 aliphatic rings. The number of nitriles is 1. The summed E-state index contributed by atoms with van der Waals surface area (Å²) in [7, 11) is 1.47. The molecule has 0 aliphatic carbocycles. The van der Waals surface area contributed by atoms with Crippen molar-refractivity contribution in [3.63, 3.8) is 0 Å². The first-order chi connectivity index (χ1) is 11.0. The summed E-state index contributed by atoms with van der Waals surface area (Å²) >= 11 is 0. The van der Waals surface area contributed by atoms with Crippen molar-refractivity contribution in [3.8, 4) is 23.3 Å². The molecular formula is C17H15N3O3. The molecule has 6 heteroatoms. The number of hydrogen-bond donors (Lipinski definition) is 3. The van der Waals surface area contributed by atoms with Crippen LogP contribution in [-0.2, 0) is 0 Å². The molecular weight excluding hydrogens is 294 g/mol. The quantitative estimate of drug-likeness (QED) is 0.733. The normalized spacial score (nSPS) is 16.3. The van der Waals surface area contributed by atoms with E-state index in [0.29, 0.717) is 22.8 Å². The highest BCUT2D eigenvalue weighted by Crippen LogP contribution is 2.44. The molecule has 3 rings (SSSR count). The van der Waals surface area contributed by atoms with Crippen molar-refractivity contribution in [2.45, 2.75) is 5.92 Å². The van der Waals surface area contributed by atoms with Crippen LogP contribution in [0.4, 0.5) is 5.69 Å². The second-order valence-electron chi connectivity index (χ2n) is 5.15. The number of allylic oxidation sites excluding steroid dienone is 1. The lowest BCUT2D eigenvalue weighted by Gasteiger charge is -2.26. The molecule has 2 aromatic rings. The molecule has 5 N–H and O–H groups in total. The number of ether oxygens (including phenoxy) is 2. The Labute approximate surface area is 133 Å². The van der Waals surface area contributed by atoms with E-state index in [1.807, 2.05) is 0 Å². The summed E-state index contributed by atoms with van der Waals surface area (Å²) in [6, 6.07) is 12.2. The fourth-order valence-electron chi connectivity index (χ4n) is 2.69. The van der Waals surface area contributed by atoms with E-state index in [9.17, 15) is 10.4 Å². The highest BCUT2D eigenvalue weighted by Gasteiger charge is 2.31. The van der Waals surface area contributed by atoms with Gasteiger partial charge in [0.05, 0.1) is 13.0 Å².